The number of nitrogens with one attached hydrogen (secondary N) is 2. The minimum absolute atomic E-state index is 0.223. The summed E-state index contributed by atoms with van der Waals surface area (Å²) in [5.41, 5.74) is -0.305. The number of hydrogen-bond donors (Lipinski definition) is 3. The summed E-state index contributed by atoms with van der Waals surface area (Å²) in [5, 5.41) is 15.2. The Labute approximate surface area is 81.1 Å². The average Bonchev–Trinajstić information content (AvgIpc) is 2.63. The lowest BCUT2D eigenvalue weighted by Crippen LogP contribution is -2.64. The molecule has 1 aromatic heterocycles. The van der Waals surface area contributed by atoms with Crippen molar-refractivity contribution in [3.05, 3.63) is 24.2 Å². The number of carbonyl (C=O) groups is 1. The molecular weight excluding hydrogens is 184 g/mol. The molecule has 2 heterocycles. The lowest BCUT2D eigenvalue weighted by Gasteiger charge is -2.37. The summed E-state index contributed by atoms with van der Waals surface area (Å²) in [5.74, 6) is -0.223. The molecule has 0 aromatic carbocycles. The first-order valence-corrected chi connectivity index (χ1v) is 4.43. The molecule has 76 valence electrons. The highest BCUT2D eigenvalue weighted by atomic mass is 16.3. The Morgan fingerprint density at radius 1 is 1.71 bits per heavy atom. The van der Waals surface area contributed by atoms with Gasteiger partial charge in [0.15, 0.2) is 0 Å². The Morgan fingerprint density at radius 2 is 2.50 bits per heavy atom. The largest absolute Gasteiger partial charge is 0.472 e. The van der Waals surface area contributed by atoms with Crippen LogP contribution in [0.4, 0.5) is 0 Å². The molecule has 3 N–H and O–H groups in total. The van der Waals surface area contributed by atoms with Crippen LogP contribution >= 0.6 is 0 Å². The zero-order valence-electron chi connectivity index (χ0n) is 7.62. The van der Waals surface area contributed by atoms with Gasteiger partial charge in [0, 0.05) is 19.6 Å². The average molecular weight is 196 g/mol. The SMILES string of the molecule is O=C(NCC1(O)CNC1)c1ccoc1. The second kappa shape index (κ2) is 3.43. The second-order valence-corrected chi connectivity index (χ2v) is 3.52. The Hall–Kier alpha value is -1.33. The third kappa shape index (κ3) is 1.78. The number of furan rings is 1. The van der Waals surface area contributed by atoms with Crippen LogP contribution in [0.2, 0.25) is 0 Å². The highest BCUT2D eigenvalue weighted by molar-refractivity contribution is 5.93. The van der Waals surface area contributed by atoms with E-state index in [2.05, 4.69) is 10.6 Å². The number of aliphatic hydroxyl groups is 1. The van der Waals surface area contributed by atoms with Crippen molar-refractivity contribution >= 4 is 5.91 Å². The molecule has 14 heavy (non-hydrogen) atoms. The molecule has 1 fully saturated rings. The third-order valence-electron chi connectivity index (χ3n) is 2.27. The Balaban J connectivity index is 1.84. The zero-order valence-corrected chi connectivity index (χ0v) is 7.62. The van der Waals surface area contributed by atoms with Gasteiger partial charge < -0.3 is 20.2 Å². The maximum Gasteiger partial charge on any atom is 0.254 e. The summed E-state index contributed by atoms with van der Waals surface area (Å²) in [6, 6.07) is 1.58. The molecule has 0 spiro atoms. The first kappa shape index (κ1) is 9.23. The van der Waals surface area contributed by atoms with Crippen molar-refractivity contribution in [2.45, 2.75) is 5.60 Å². The molecule has 0 saturated carbocycles. The second-order valence-electron chi connectivity index (χ2n) is 3.52. The normalized spacial score (nSPS) is 18.6. The minimum atomic E-state index is -0.778. The van der Waals surface area contributed by atoms with E-state index in [0.717, 1.165) is 0 Å². The molecule has 5 nitrogen and oxygen atoms in total. The summed E-state index contributed by atoms with van der Waals surface area (Å²) in [7, 11) is 0. The summed E-state index contributed by atoms with van der Waals surface area (Å²) in [6.45, 7) is 1.32. The van der Waals surface area contributed by atoms with E-state index in [-0.39, 0.29) is 12.5 Å². The van der Waals surface area contributed by atoms with Crippen LogP contribution in [0.5, 0.6) is 0 Å². The number of amides is 1. The Bertz CT molecular complexity index is 317. The predicted octanol–water partition coefficient (Wildman–Crippen LogP) is -0.656. The fraction of sp³-hybridized carbons (Fsp3) is 0.444. The van der Waals surface area contributed by atoms with Gasteiger partial charge in [-0.3, -0.25) is 4.79 Å². The van der Waals surface area contributed by atoms with Crippen LogP contribution < -0.4 is 10.6 Å². The van der Waals surface area contributed by atoms with Gasteiger partial charge in [0.25, 0.3) is 5.91 Å². The fourth-order valence-electron chi connectivity index (χ4n) is 1.28. The predicted molar refractivity (Wildman–Crippen MR) is 48.9 cm³/mol. The van der Waals surface area contributed by atoms with Crippen molar-refractivity contribution in [3.8, 4) is 0 Å². The van der Waals surface area contributed by atoms with Crippen molar-refractivity contribution < 1.29 is 14.3 Å². The van der Waals surface area contributed by atoms with Gasteiger partial charge in [-0.15, -0.1) is 0 Å². The lowest BCUT2D eigenvalue weighted by atomic mass is 9.97. The van der Waals surface area contributed by atoms with Gasteiger partial charge in [-0.25, -0.2) is 0 Å². The molecule has 1 amide bonds. The molecule has 1 aliphatic rings. The Kier molecular flexibility index (Phi) is 2.26. The molecule has 1 aromatic rings. The molecule has 0 atom stereocenters. The molecule has 1 saturated heterocycles. The smallest absolute Gasteiger partial charge is 0.254 e. The van der Waals surface area contributed by atoms with Crippen LogP contribution in [-0.2, 0) is 0 Å². The van der Waals surface area contributed by atoms with Crippen LogP contribution in [0.1, 0.15) is 10.4 Å². The summed E-state index contributed by atoms with van der Waals surface area (Å²) in [6.07, 6.45) is 2.81. The molecule has 0 bridgehead atoms. The van der Waals surface area contributed by atoms with Crippen LogP contribution in [0.15, 0.2) is 23.0 Å². The number of hydrogen-bond acceptors (Lipinski definition) is 4. The van der Waals surface area contributed by atoms with Crippen LogP contribution in [0.3, 0.4) is 0 Å². The fourth-order valence-corrected chi connectivity index (χ4v) is 1.28. The summed E-state index contributed by atoms with van der Waals surface area (Å²) < 4.78 is 4.77. The molecule has 5 heteroatoms. The van der Waals surface area contributed by atoms with E-state index >= 15 is 0 Å². The third-order valence-corrected chi connectivity index (χ3v) is 2.27. The first-order valence-electron chi connectivity index (χ1n) is 4.43. The Morgan fingerprint density at radius 3 is 3.00 bits per heavy atom. The van der Waals surface area contributed by atoms with Crippen molar-refractivity contribution in [3.63, 3.8) is 0 Å². The van der Waals surface area contributed by atoms with Gasteiger partial charge >= 0.3 is 0 Å². The first-order chi connectivity index (χ1) is 6.70. The van der Waals surface area contributed by atoms with Crippen molar-refractivity contribution in [1.82, 2.24) is 10.6 Å². The van der Waals surface area contributed by atoms with E-state index in [1.807, 2.05) is 0 Å². The van der Waals surface area contributed by atoms with E-state index in [1.54, 1.807) is 6.07 Å². The summed E-state index contributed by atoms with van der Waals surface area (Å²) >= 11 is 0. The number of rotatable bonds is 3. The standard InChI is InChI=1S/C9H12N2O3/c12-8(7-1-2-14-3-7)11-6-9(13)4-10-5-9/h1-3,10,13H,4-6H2,(H,11,12). The van der Waals surface area contributed by atoms with Gasteiger partial charge in [-0.2, -0.15) is 0 Å². The minimum Gasteiger partial charge on any atom is -0.472 e. The van der Waals surface area contributed by atoms with Crippen molar-refractivity contribution in [1.29, 1.82) is 0 Å². The summed E-state index contributed by atoms with van der Waals surface area (Å²) in [4.78, 5) is 11.4. The molecular formula is C9H12N2O3. The van der Waals surface area contributed by atoms with Crippen LogP contribution in [0.25, 0.3) is 0 Å². The topological polar surface area (TPSA) is 74.5 Å². The van der Waals surface area contributed by atoms with E-state index in [9.17, 15) is 9.90 Å². The van der Waals surface area contributed by atoms with Crippen molar-refractivity contribution in [2.75, 3.05) is 19.6 Å². The lowest BCUT2D eigenvalue weighted by molar-refractivity contribution is -0.00760. The molecule has 0 unspecified atom stereocenters. The van der Waals surface area contributed by atoms with E-state index in [1.165, 1.54) is 12.5 Å². The van der Waals surface area contributed by atoms with Gasteiger partial charge in [-0.1, -0.05) is 0 Å². The van der Waals surface area contributed by atoms with Crippen molar-refractivity contribution in [2.24, 2.45) is 0 Å². The van der Waals surface area contributed by atoms with Crippen LogP contribution in [-0.4, -0.2) is 36.2 Å². The van der Waals surface area contributed by atoms with Gasteiger partial charge in [0.2, 0.25) is 0 Å². The highest BCUT2D eigenvalue weighted by Crippen LogP contribution is 2.08. The molecule has 0 aliphatic carbocycles. The van der Waals surface area contributed by atoms with Gasteiger partial charge in [0.05, 0.1) is 11.8 Å². The van der Waals surface area contributed by atoms with E-state index in [0.29, 0.717) is 18.7 Å². The monoisotopic (exact) mass is 196 g/mol. The number of carbonyl (C=O) groups excluding carboxylic acids is 1. The van der Waals surface area contributed by atoms with E-state index < -0.39 is 5.60 Å². The number of β-amino-alcohol motifs (C(OH)–C–C–N with tert-alkyl or cyclic N) is 1. The van der Waals surface area contributed by atoms with E-state index in [4.69, 9.17) is 4.42 Å². The molecule has 1 aliphatic heterocycles. The van der Waals surface area contributed by atoms with Gasteiger partial charge in [-0.05, 0) is 6.07 Å². The quantitative estimate of drug-likeness (QED) is 0.600. The van der Waals surface area contributed by atoms with Gasteiger partial charge in [0.1, 0.15) is 11.9 Å². The molecule has 2 rings (SSSR count). The van der Waals surface area contributed by atoms with Crippen LogP contribution in [0, 0.1) is 0 Å². The highest BCUT2D eigenvalue weighted by Gasteiger charge is 2.34. The molecule has 0 radical (unpaired) electrons. The maximum absolute atomic E-state index is 11.4. The zero-order chi connectivity index (χ0) is 10.0. The maximum atomic E-state index is 11.4.